The summed E-state index contributed by atoms with van der Waals surface area (Å²) in [6.45, 7) is 0.157. The molecule has 0 radical (unpaired) electrons. The van der Waals surface area contributed by atoms with E-state index in [1.54, 1.807) is 0 Å². The molecule has 0 saturated heterocycles. The number of hydrogen-bond acceptors (Lipinski definition) is 0. The van der Waals surface area contributed by atoms with Crippen molar-refractivity contribution >= 4 is 22.6 Å². The van der Waals surface area contributed by atoms with Crippen LogP contribution >= 0.6 is 22.6 Å². The highest BCUT2D eigenvalue weighted by atomic mass is 127. The van der Waals surface area contributed by atoms with Crippen molar-refractivity contribution in [1.29, 1.82) is 0 Å². The predicted molar refractivity (Wildman–Crippen MR) is 62.5 cm³/mol. The van der Waals surface area contributed by atoms with E-state index < -0.39 is 36.8 Å². The van der Waals surface area contributed by atoms with Gasteiger partial charge in [-0.2, -0.15) is 26.3 Å². The highest BCUT2D eigenvalue weighted by molar-refractivity contribution is 14.1. The molecular formula is C10H14F7I. The molecule has 2 atom stereocenters. The van der Waals surface area contributed by atoms with Crippen molar-refractivity contribution in [3.63, 3.8) is 0 Å². The van der Waals surface area contributed by atoms with Crippen LogP contribution < -0.4 is 0 Å². The minimum absolute atomic E-state index is 0.140. The van der Waals surface area contributed by atoms with E-state index in [4.69, 9.17) is 0 Å². The van der Waals surface area contributed by atoms with Gasteiger partial charge in [0.15, 0.2) is 0 Å². The van der Waals surface area contributed by atoms with E-state index in [0.717, 1.165) is 0 Å². The van der Waals surface area contributed by atoms with Gasteiger partial charge in [0.05, 0.1) is 5.92 Å². The van der Waals surface area contributed by atoms with Crippen LogP contribution in [0.2, 0.25) is 0 Å². The van der Waals surface area contributed by atoms with Crippen LogP contribution in [0.15, 0.2) is 0 Å². The molecule has 8 heteroatoms. The second-order valence-electron chi connectivity index (χ2n) is 4.32. The first kappa shape index (κ1) is 18.2. The summed E-state index contributed by atoms with van der Waals surface area (Å²) in [4.78, 5) is 0. The molecular weight excluding hydrogens is 380 g/mol. The van der Waals surface area contributed by atoms with Gasteiger partial charge in [0.1, 0.15) is 0 Å². The van der Waals surface area contributed by atoms with Crippen molar-refractivity contribution in [1.82, 2.24) is 0 Å². The zero-order valence-electron chi connectivity index (χ0n) is 9.64. The summed E-state index contributed by atoms with van der Waals surface area (Å²) in [6, 6.07) is 0. The van der Waals surface area contributed by atoms with Crippen LogP contribution in [0.4, 0.5) is 30.7 Å². The molecule has 0 amide bonds. The molecule has 0 fully saturated rings. The number of halogens is 8. The predicted octanol–water partition coefficient (Wildman–Crippen LogP) is 5.45. The maximum atomic E-state index is 13.3. The molecule has 0 aliphatic carbocycles. The van der Waals surface area contributed by atoms with E-state index in [-0.39, 0.29) is 13.3 Å². The largest absolute Gasteiger partial charge is 0.422 e. The summed E-state index contributed by atoms with van der Waals surface area (Å²) in [6.07, 6.45) is -11.5. The second-order valence-corrected chi connectivity index (χ2v) is 5.40. The summed E-state index contributed by atoms with van der Waals surface area (Å²) in [5.41, 5.74) is -3.81. The van der Waals surface area contributed by atoms with Gasteiger partial charge in [-0.1, -0.05) is 29.0 Å². The Kier molecular flexibility index (Phi) is 6.69. The molecule has 0 bridgehead atoms. The fraction of sp³-hybridized carbons (Fsp3) is 1.00. The smallest absolute Gasteiger partial charge is 0.234 e. The van der Waals surface area contributed by atoms with Gasteiger partial charge in [0.25, 0.3) is 0 Å². The minimum atomic E-state index is -5.28. The lowest BCUT2D eigenvalue weighted by atomic mass is 9.88. The van der Waals surface area contributed by atoms with Gasteiger partial charge in [-0.15, -0.1) is 0 Å². The molecule has 110 valence electrons. The van der Waals surface area contributed by atoms with Crippen LogP contribution in [-0.2, 0) is 0 Å². The molecule has 0 rings (SSSR count). The SMILES string of the molecule is CC(F)(CC(CCCCI)C(F)(F)F)C(F)(F)F. The molecule has 0 aromatic carbocycles. The number of hydrogen-bond donors (Lipinski definition) is 0. The molecule has 0 nitrogen and oxygen atoms in total. The van der Waals surface area contributed by atoms with E-state index in [1.807, 2.05) is 22.6 Å². The molecule has 2 unspecified atom stereocenters. The molecule has 18 heavy (non-hydrogen) atoms. The van der Waals surface area contributed by atoms with Crippen LogP contribution in [0.5, 0.6) is 0 Å². The highest BCUT2D eigenvalue weighted by Gasteiger charge is 2.56. The first-order valence-corrected chi connectivity index (χ1v) is 6.82. The highest BCUT2D eigenvalue weighted by Crippen LogP contribution is 2.44. The first-order valence-electron chi connectivity index (χ1n) is 5.30. The third-order valence-electron chi connectivity index (χ3n) is 2.62. The summed E-state index contributed by atoms with van der Waals surface area (Å²) in [5, 5.41) is 0. The van der Waals surface area contributed by atoms with E-state index in [9.17, 15) is 30.7 Å². The first-order chi connectivity index (χ1) is 7.92. The minimum Gasteiger partial charge on any atom is -0.234 e. The molecule has 0 aromatic heterocycles. The molecule has 0 aliphatic rings. The molecule has 0 aliphatic heterocycles. The maximum absolute atomic E-state index is 13.3. The van der Waals surface area contributed by atoms with Gasteiger partial charge in [-0.3, -0.25) is 0 Å². The van der Waals surface area contributed by atoms with Gasteiger partial charge >= 0.3 is 12.4 Å². The van der Waals surface area contributed by atoms with Crippen molar-refractivity contribution in [2.75, 3.05) is 4.43 Å². The van der Waals surface area contributed by atoms with Crippen molar-refractivity contribution in [3.05, 3.63) is 0 Å². The van der Waals surface area contributed by atoms with Crippen molar-refractivity contribution in [2.24, 2.45) is 5.92 Å². The molecule has 0 N–H and O–H groups in total. The van der Waals surface area contributed by atoms with Gasteiger partial charge in [0, 0.05) is 6.42 Å². The number of alkyl halides is 8. The zero-order chi connectivity index (χ0) is 14.6. The normalized spacial score (nSPS) is 18.5. The zero-order valence-corrected chi connectivity index (χ0v) is 11.8. The topological polar surface area (TPSA) is 0 Å². The van der Waals surface area contributed by atoms with E-state index in [2.05, 4.69) is 0 Å². The van der Waals surface area contributed by atoms with E-state index >= 15 is 0 Å². The Hall–Kier alpha value is 0.240. The average molecular weight is 394 g/mol. The third kappa shape index (κ3) is 5.92. The average Bonchev–Trinajstić information content (AvgIpc) is 2.13. The lowest BCUT2D eigenvalue weighted by Crippen LogP contribution is -2.42. The van der Waals surface area contributed by atoms with Crippen LogP contribution in [0.1, 0.15) is 32.6 Å². The van der Waals surface area contributed by atoms with Gasteiger partial charge in [-0.25, -0.2) is 4.39 Å². The number of rotatable bonds is 6. The summed E-state index contributed by atoms with van der Waals surface area (Å²) in [7, 11) is 0. The van der Waals surface area contributed by atoms with Crippen molar-refractivity contribution in [2.45, 2.75) is 50.6 Å². The number of unbranched alkanes of at least 4 members (excludes halogenated alkanes) is 1. The standard InChI is InChI=1S/C10H14F7I/c1-8(11,10(15,16)17)6-7(9(12,13)14)4-2-3-5-18/h7H,2-6H2,1H3. The molecule has 0 aromatic rings. The summed E-state index contributed by atoms with van der Waals surface area (Å²) in [5.74, 6) is -2.25. The van der Waals surface area contributed by atoms with E-state index in [0.29, 0.717) is 10.8 Å². The third-order valence-corrected chi connectivity index (χ3v) is 3.38. The van der Waals surface area contributed by atoms with Gasteiger partial charge in [-0.05, 0) is 24.2 Å². The quantitative estimate of drug-likeness (QED) is 0.243. The van der Waals surface area contributed by atoms with Crippen LogP contribution in [0.3, 0.4) is 0 Å². The Morgan fingerprint density at radius 2 is 1.44 bits per heavy atom. The summed E-state index contributed by atoms with van der Waals surface area (Å²) >= 11 is 1.96. The van der Waals surface area contributed by atoms with Crippen molar-refractivity contribution in [3.8, 4) is 0 Å². The Bertz CT molecular complexity index is 244. The lowest BCUT2D eigenvalue weighted by molar-refractivity contribution is -0.248. The van der Waals surface area contributed by atoms with Crippen molar-refractivity contribution < 1.29 is 30.7 Å². The van der Waals surface area contributed by atoms with E-state index in [1.165, 1.54) is 0 Å². The maximum Gasteiger partial charge on any atom is 0.422 e. The monoisotopic (exact) mass is 394 g/mol. The molecule has 0 heterocycles. The Labute approximate surface area is 114 Å². The van der Waals surface area contributed by atoms with Gasteiger partial charge in [0.2, 0.25) is 5.67 Å². The lowest BCUT2D eigenvalue weighted by Gasteiger charge is -2.29. The Balaban J connectivity index is 4.70. The fourth-order valence-electron chi connectivity index (χ4n) is 1.45. The fourth-order valence-corrected chi connectivity index (χ4v) is 1.98. The molecule has 0 spiro atoms. The second kappa shape index (κ2) is 6.60. The Morgan fingerprint density at radius 1 is 0.944 bits per heavy atom. The van der Waals surface area contributed by atoms with Gasteiger partial charge < -0.3 is 0 Å². The van der Waals surface area contributed by atoms with Crippen LogP contribution in [-0.4, -0.2) is 22.4 Å². The Morgan fingerprint density at radius 3 is 1.78 bits per heavy atom. The molecule has 0 saturated carbocycles. The summed E-state index contributed by atoms with van der Waals surface area (Å²) < 4.78 is 88.2. The van der Waals surface area contributed by atoms with Crippen LogP contribution in [0.25, 0.3) is 0 Å². The van der Waals surface area contributed by atoms with Crippen LogP contribution in [0, 0.1) is 5.92 Å².